The molecule has 0 aromatic heterocycles. The topological polar surface area (TPSA) is 29.3 Å². The molecule has 2 heteroatoms. The highest BCUT2D eigenvalue weighted by Gasteiger charge is 2.37. The summed E-state index contributed by atoms with van der Waals surface area (Å²) in [6.45, 7) is 9.67. The van der Waals surface area contributed by atoms with E-state index in [1.165, 1.54) is 36.8 Å². The van der Waals surface area contributed by atoms with Crippen molar-refractivity contribution in [3.05, 3.63) is 35.4 Å². The van der Waals surface area contributed by atoms with Crippen LogP contribution in [0.15, 0.2) is 24.3 Å². The number of likely N-dealkylation sites (N-methyl/N-ethyl adjacent to an activating group) is 1. The Hall–Kier alpha value is -0.860. The first-order valence-corrected chi connectivity index (χ1v) is 8.15. The van der Waals surface area contributed by atoms with Crippen LogP contribution >= 0.6 is 0 Å². The van der Waals surface area contributed by atoms with E-state index in [0.717, 1.165) is 19.6 Å². The van der Waals surface area contributed by atoms with Crippen molar-refractivity contribution in [3.63, 3.8) is 0 Å². The highest BCUT2D eigenvalue weighted by Crippen LogP contribution is 2.35. The third kappa shape index (κ3) is 3.24. The minimum absolute atomic E-state index is 0.255. The van der Waals surface area contributed by atoms with E-state index in [1.54, 1.807) is 0 Å². The van der Waals surface area contributed by atoms with E-state index in [4.69, 9.17) is 5.73 Å². The molecule has 0 atom stereocenters. The molecule has 1 fully saturated rings. The van der Waals surface area contributed by atoms with E-state index in [0.29, 0.717) is 5.92 Å². The summed E-state index contributed by atoms with van der Waals surface area (Å²) in [6, 6.07) is 9.13. The fraction of sp³-hybridized carbons (Fsp3) is 0.667. The minimum Gasteiger partial charge on any atom is -0.329 e. The number of rotatable bonds is 6. The van der Waals surface area contributed by atoms with E-state index >= 15 is 0 Å². The molecule has 1 aromatic carbocycles. The maximum absolute atomic E-state index is 6.12. The van der Waals surface area contributed by atoms with Gasteiger partial charge in [-0.25, -0.2) is 0 Å². The van der Waals surface area contributed by atoms with Crippen molar-refractivity contribution in [2.24, 2.45) is 5.73 Å². The van der Waals surface area contributed by atoms with Gasteiger partial charge in [0, 0.05) is 18.6 Å². The largest absolute Gasteiger partial charge is 0.329 e. The zero-order valence-electron chi connectivity index (χ0n) is 13.4. The molecule has 2 rings (SSSR count). The van der Waals surface area contributed by atoms with Gasteiger partial charge in [-0.3, -0.25) is 4.90 Å². The minimum atomic E-state index is 0.255. The highest BCUT2D eigenvalue weighted by molar-refractivity contribution is 5.25. The molecular weight excluding hydrogens is 244 g/mol. The summed E-state index contributed by atoms with van der Waals surface area (Å²) in [6.07, 6.45) is 5.20. The summed E-state index contributed by atoms with van der Waals surface area (Å²) < 4.78 is 0. The van der Waals surface area contributed by atoms with Crippen molar-refractivity contribution >= 4 is 0 Å². The molecule has 1 aliphatic carbocycles. The molecule has 0 unspecified atom stereocenters. The lowest BCUT2D eigenvalue weighted by molar-refractivity contribution is 0.0971. The van der Waals surface area contributed by atoms with Crippen molar-refractivity contribution in [3.8, 4) is 0 Å². The molecule has 0 aliphatic heterocycles. The predicted octanol–water partition coefficient (Wildman–Crippen LogP) is 3.90. The van der Waals surface area contributed by atoms with E-state index in [9.17, 15) is 0 Å². The molecule has 0 saturated heterocycles. The fourth-order valence-corrected chi connectivity index (χ4v) is 3.53. The van der Waals surface area contributed by atoms with Gasteiger partial charge in [-0.15, -0.1) is 0 Å². The SMILES string of the molecule is CCN(Cc1ccc(C(C)C)cc1)C1(CN)CCCC1. The average molecular weight is 274 g/mol. The molecule has 112 valence electrons. The number of nitrogens with two attached hydrogens (primary N) is 1. The molecule has 0 radical (unpaired) electrons. The molecule has 0 bridgehead atoms. The van der Waals surface area contributed by atoms with Crippen molar-refractivity contribution in [2.45, 2.75) is 64.5 Å². The van der Waals surface area contributed by atoms with Gasteiger partial charge in [0.1, 0.15) is 0 Å². The second kappa shape index (κ2) is 6.73. The summed E-state index contributed by atoms with van der Waals surface area (Å²) in [5, 5.41) is 0. The van der Waals surface area contributed by atoms with Crippen molar-refractivity contribution in [1.82, 2.24) is 4.90 Å². The monoisotopic (exact) mass is 274 g/mol. The van der Waals surface area contributed by atoms with Crippen LogP contribution < -0.4 is 5.73 Å². The fourth-order valence-electron chi connectivity index (χ4n) is 3.53. The quantitative estimate of drug-likeness (QED) is 0.852. The van der Waals surface area contributed by atoms with Gasteiger partial charge in [-0.05, 0) is 36.4 Å². The average Bonchev–Trinajstić information content (AvgIpc) is 2.95. The van der Waals surface area contributed by atoms with Gasteiger partial charge >= 0.3 is 0 Å². The van der Waals surface area contributed by atoms with E-state index < -0.39 is 0 Å². The first-order valence-electron chi connectivity index (χ1n) is 8.15. The predicted molar refractivity (Wildman–Crippen MR) is 86.9 cm³/mol. The second-order valence-electron chi connectivity index (χ2n) is 6.55. The summed E-state index contributed by atoms with van der Waals surface area (Å²) in [5.41, 5.74) is 9.21. The van der Waals surface area contributed by atoms with Crippen molar-refractivity contribution in [2.75, 3.05) is 13.1 Å². The van der Waals surface area contributed by atoms with Gasteiger partial charge in [-0.1, -0.05) is 57.9 Å². The lowest BCUT2D eigenvalue weighted by Crippen LogP contribution is -2.51. The standard InChI is InChI=1S/C18H30N2/c1-4-20(18(14-19)11-5-6-12-18)13-16-7-9-17(10-8-16)15(2)3/h7-10,15H,4-6,11-14,19H2,1-3H3. The normalized spacial score (nSPS) is 18.1. The Balaban J connectivity index is 2.09. The van der Waals surface area contributed by atoms with Gasteiger partial charge in [0.25, 0.3) is 0 Å². The van der Waals surface area contributed by atoms with Crippen LogP contribution in [0.4, 0.5) is 0 Å². The number of nitrogens with zero attached hydrogens (tertiary/aromatic N) is 1. The zero-order chi connectivity index (χ0) is 14.6. The summed E-state index contributed by atoms with van der Waals surface area (Å²) in [5.74, 6) is 0.608. The Kier molecular flexibility index (Phi) is 5.22. The van der Waals surface area contributed by atoms with Crippen LogP contribution in [0.25, 0.3) is 0 Å². The van der Waals surface area contributed by atoms with E-state index in [1.807, 2.05) is 0 Å². The van der Waals surface area contributed by atoms with Crippen molar-refractivity contribution in [1.29, 1.82) is 0 Å². The third-order valence-electron chi connectivity index (χ3n) is 4.99. The third-order valence-corrected chi connectivity index (χ3v) is 4.99. The van der Waals surface area contributed by atoms with E-state index in [2.05, 4.69) is 49.9 Å². The first-order chi connectivity index (χ1) is 9.61. The Morgan fingerprint density at radius 1 is 1.15 bits per heavy atom. The maximum atomic E-state index is 6.12. The zero-order valence-corrected chi connectivity index (χ0v) is 13.4. The lowest BCUT2D eigenvalue weighted by Gasteiger charge is -2.40. The Morgan fingerprint density at radius 2 is 1.75 bits per heavy atom. The lowest BCUT2D eigenvalue weighted by atomic mass is 9.94. The van der Waals surface area contributed by atoms with Crippen molar-refractivity contribution < 1.29 is 0 Å². The Bertz CT molecular complexity index is 402. The number of hydrogen-bond donors (Lipinski definition) is 1. The van der Waals surface area contributed by atoms with Crippen LogP contribution in [-0.4, -0.2) is 23.5 Å². The molecule has 0 amide bonds. The molecule has 2 N–H and O–H groups in total. The molecule has 0 spiro atoms. The summed E-state index contributed by atoms with van der Waals surface area (Å²) >= 11 is 0. The second-order valence-corrected chi connectivity index (χ2v) is 6.55. The van der Waals surface area contributed by atoms with Crippen LogP contribution in [0.1, 0.15) is 63.5 Å². The first kappa shape index (κ1) is 15.5. The van der Waals surface area contributed by atoms with Gasteiger partial charge in [0.05, 0.1) is 0 Å². The molecule has 1 saturated carbocycles. The van der Waals surface area contributed by atoms with Crippen LogP contribution in [0.2, 0.25) is 0 Å². The van der Waals surface area contributed by atoms with Crippen LogP contribution in [0.5, 0.6) is 0 Å². The molecule has 0 heterocycles. The van der Waals surface area contributed by atoms with Gasteiger partial charge in [-0.2, -0.15) is 0 Å². The molecule has 2 nitrogen and oxygen atoms in total. The van der Waals surface area contributed by atoms with Gasteiger partial charge < -0.3 is 5.73 Å². The molecule has 20 heavy (non-hydrogen) atoms. The molecule has 1 aromatic rings. The molecule has 1 aliphatic rings. The number of benzene rings is 1. The Morgan fingerprint density at radius 3 is 2.20 bits per heavy atom. The van der Waals surface area contributed by atoms with Crippen LogP contribution in [0, 0.1) is 0 Å². The highest BCUT2D eigenvalue weighted by atomic mass is 15.2. The van der Waals surface area contributed by atoms with E-state index in [-0.39, 0.29) is 5.54 Å². The number of hydrogen-bond acceptors (Lipinski definition) is 2. The van der Waals surface area contributed by atoms with Gasteiger partial charge in [0.2, 0.25) is 0 Å². The Labute approximate surface area is 124 Å². The summed E-state index contributed by atoms with van der Waals surface area (Å²) in [4.78, 5) is 2.60. The molecular formula is C18H30N2. The van der Waals surface area contributed by atoms with Gasteiger partial charge in [0.15, 0.2) is 0 Å². The smallest absolute Gasteiger partial charge is 0.0335 e. The maximum Gasteiger partial charge on any atom is 0.0335 e. The summed E-state index contributed by atoms with van der Waals surface area (Å²) in [7, 11) is 0. The van der Waals surface area contributed by atoms with Crippen LogP contribution in [-0.2, 0) is 6.54 Å². The van der Waals surface area contributed by atoms with Crippen LogP contribution in [0.3, 0.4) is 0 Å².